The average Bonchev–Trinajstić information content (AvgIpc) is 3.30. The van der Waals surface area contributed by atoms with Gasteiger partial charge in [0, 0.05) is 5.41 Å². The molecule has 5 saturated carbocycles. The molecule has 0 spiro atoms. The number of rotatable bonds is 8. The van der Waals surface area contributed by atoms with Crippen molar-refractivity contribution in [3.63, 3.8) is 0 Å². The van der Waals surface area contributed by atoms with Gasteiger partial charge in [0.2, 0.25) is 0 Å². The zero-order valence-corrected chi connectivity index (χ0v) is 26.9. The van der Waals surface area contributed by atoms with Crippen molar-refractivity contribution in [2.24, 2.45) is 56.7 Å². The number of carbonyl (C=O) groups is 2. The summed E-state index contributed by atoms with van der Waals surface area (Å²) in [4.78, 5) is 25.5. The molecule has 8 heteroatoms. The van der Waals surface area contributed by atoms with Gasteiger partial charge in [-0.05, 0) is 117 Å². The first-order valence-corrected chi connectivity index (χ1v) is 16.5. The van der Waals surface area contributed by atoms with Crippen LogP contribution in [0.4, 0.5) is 0 Å². The van der Waals surface area contributed by atoms with Crippen molar-refractivity contribution in [3.8, 4) is 0 Å². The lowest BCUT2D eigenvalue weighted by Gasteiger charge is -2.72. The maximum absolute atomic E-state index is 12.9. The van der Waals surface area contributed by atoms with E-state index in [1.165, 1.54) is 5.57 Å². The monoisotopic (exact) mass is 590 g/mol. The molecule has 0 saturated heterocycles. The van der Waals surface area contributed by atoms with Gasteiger partial charge in [0.05, 0.1) is 5.41 Å². The Hall–Kier alpha value is -1.30. The molecule has 5 aliphatic carbocycles. The predicted octanol–water partition coefficient (Wildman–Crippen LogP) is 7.84. The van der Waals surface area contributed by atoms with Crippen molar-refractivity contribution in [1.82, 2.24) is 0 Å². The number of esters is 1. The van der Waals surface area contributed by atoms with Crippen molar-refractivity contribution in [2.45, 2.75) is 112 Å². The lowest BCUT2D eigenvalue weighted by molar-refractivity contribution is -0.250. The van der Waals surface area contributed by atoms with E-state index in [9.17, 15) is 19.3 Å². The number of fused-ring (bicyclic) bond motifs is 7. The van der Waals surface area contributed by atoms with Crippen molar-refractivity contribution in [1.29, 1.82) is 0 Å². The molecule has 0 heterocycles. The summed E-state index contributed by atoms with van der Waals surface area (Å²) < 4.78 is 26.2. The summed E-state index contributed by atoms with van der Waals surface area (Å²) in [7, 11) is -0.474. The zero-order valence-electron chi connectivity index (χ0n) is 26.0. The van der Waals surface area contributed by atoms with Crippen LogP contribution in [0, 0.1) is 56.7 Å². The van der Waals surface area contributed by atoms with E-state index in [2.05, 4.69) is 52.6 Å². The van der Waals surface area contributed by atoms with Crippen molar-refractivity contribution in [3.05, 3.63) is 12.2 Å². The van der Waals surface area contributed by atoms with E-state index in [0.29, 0.717) is 23.7 Å². The summed E-state index contributed by atoms with van der Waals surface area (Å²) in [6, 6.07) is 0. The first kappa shape index (κ1) is 31.1. The predicted molar refractivity (Wildman–Crippen MR) is 156 cm³/mol. The molecule has 0 unspecified atom stereocenters. The first-order chi connectivity index (χ1) is 19.2. The van der Waals surface area contributed by atoms with Gasteiger partial charge < -0.3 is 14.6 Å². The van der Waals surface area contributed by atoms with Crippen LogP contribution >= 0.6 is 8.69 Å². The van der Waals surface area contributed by atoms with E-state index in [-0.39, 0.29) is 47.1 Å². The van der Waals surface area contributed by atoms with Gasteiger partial charge in [-0.1, -0.05) is 46.8 Å². The van der Waals surface area contributed by atoms with Crippen LogP contribution in [0.5, 0.6) is 0 Å². The zero-order chi connectivity index (χ0) is 30.0. The van der Waals surface area contributed by atoms with Crippen LogP contribution in [0.15, 0.2) is 12.2 Å². The summed E-state index contributed by atoms with van der Waals surface area (Å²) in [6.07, 6.45) is 9.70. The van der Waals surface area contributed by atoms with E-state index in [4.69, 9.17) is 9.47 Å². The Labute approximate surface area is 247 Å². The lowest BCUT2D eigenvalue weighted by atomic mass is 9.32. The number of allylic oxidation sites excluding steroid dienone is 1. The first-order valence-electron chi connectivity index (χ1n) is 15.8. The second-order valence-corrected chi connectivity index (χ2v) is 16.1. The van der Waals surface area contributed by atoms with E-state index in [0.717, 1.165) is 64.2 Å². The standard InChI is InChI=1S/C33H51O7P/c1-20(2)21-10-15-33(28(35)36)17-16-31(6)22(27(21)33)8-9-24-30(5)13-12-25(40-26(34)18-38-19-39-41-37)29(3,4)23(30)11-14-32(24,31)7/h21-25,27H,1,8-19H2,2-7H3,(H,35,36)/t21-,22+,23-,24+,25-,27+,30-,31+,32+,33-/m0/s1. The SMILES string of the molecule is C=C(C)[C@@H]1CC[C@]2(C(=O)O)CC[C@]3(C)[C@H](CC[C@@H]4[C@@]5(C)CC[C@H](OC(=O)COCOP=O)C(C)(C)[C@@H]5CC[C@]43C)[C@@H]12. The molecule has 41 heavy (non-hydrogen) atoms. The fraction of sp³-hybridized carbons (Fsp3) is 0.879. The Kier molecular flexibility index (Phi) is 8.12. The second kappa shape index (κ2) is 10.7. The summed E-state index contributed by atoms with van der Waals surface area (Å²) in [6.45, 7) is 18.2. The summed E-state index contributed by atoms with van der Waals surface area (Å²) in [5.74, 6) is 0.912. The van der Waals surface area contributed by atoms with E-state index in [1.807, 2.05) is 0 Å². The molecule has 230 valence electrons. The van der Waals surface area contributed by atoms with Gasteiger partial charge in [0.25, 0.3) is 0 Å². The van der Waals surface area contributed by atoms with Crippen molar-refractivity contribution < 1.29 is 33.3 Å². The highest BCUT2D eigenvalue weighted by Gasteiger charge is 2.72. The van der Waals surface area contributed by atoms with Crippen molar-refractivity contribution >= 4 is 20.6 Å². The molecule has 0 amide bonds. The number of ether oxygens (including phenoxy) is 2. The normalized spacial score (nSPS) is 46.5. The number of carboxylic acid groups (broad SMARTS) is 1. The van der Waals surface area contributed by atoms with Crippen LogP contribution in [0.25, 0.3) is 0 Å². The summed E-state index contributed by atoms with van der Waals surface area (Å²) in [5.41, 5.74) is 0.780. The molecule has 0 aromatic rings. The molecule has 0 bridgehead atoms. The third-order valence-corrected chi connectivity index (χ3v) is 14.3. The third-order valence-electron chi connectivity index (χ3n) is 14.1. The maximum atomic E-state index is 12.9. The molecule has 5 fully saturated rings. The van der Waals surface area contributed by atoms with E-state index in [1.54, 1.807) is 0 Å². The highest BCUT2D eigenvalue weighted by Crippen LogP contribution is 2.77. The van der Waals surface area contributed by atoms with Crippen LogP contribution < -0.4 is 0 Å². The lowest BCUT2D eigenvalue weighted by Crippen LogP contribution is -2.67. The second-order valence-electron chi connectivity index (χ2n) is 15.7. The average molecular weight is 591 g/mol. The van der Waals surface area contributed by atoms with Crippen molar-refractivity contribution in [2.75, 3.05) is 13.4 Å². The molecule has 5 rings (SSSR count). The van der Waals surface area contributed by atoms with Gasteiger partial charge in [-0.3, -0.25) is 9.32 Å². The molecule has 10 atom stereocenters. The highest BCUT2D eigenvalue weighted by molar-refractivity contribution is 7.17. The van der Waals surface area contributed by atoms with Gasteiger partial charge in [0.15, 0.2) is 6.79 Å². The smallest absolute Gasteiger partial charge is 0.332 e. The Morgan fingerprint density at radius 2 is 1.63 bits per heavy atom. The molecule has 5 aliphatic rings. The van der Waals surface area contributed by atoms with Gasteiger partial charge in [0.1, 0.15) is 12.7 Å². The number of hydrogen-bond donors (Lipinski definition) is 1. The minimum Gasteiger partial charge on any atom is -0.481 e. The fourth-order valence-corrected chi connectivity index (χ4v) is 12.2. The Balaban J connectivity index is 1.40. The number of carboxylic acids is 1. The van der Waals surface area contributed by atoms with Gasteiger partial charge in [-0.2, -0.15) is 0 Å². The highest BCUT2D eigenvalue weighted by atomic mass is 31.1. The maximum Gasteiger partial charge on any atom is 0.332 e. The van der Waals surface area contributed by atoms with Crippen LogP contribution in [-0.2, 0) is 28.2 Å². The Bertz CT molecular complexity index is 1090. The molecular formula is C33H51O7P. The number of carbonyl (C=O) groups excluding carboxylic acids is 1. The Morgan fingerprint density at radius 1 is 0.902 bits per heavy atom. The minimum atomic E-state index is -0.591. The third kappa shape index (κ3) is 4.49. The summed E-state index contributed by atoms with van der Waals surface area (Å²) >= 11 is 0. The molecule has 1 N–H and O–H groups in total. The van der Waals surface area contributed by atoms with Crippen LogP contribution in [0.1, 0.15) is 106 Å². The van der Waals surface area contributed by atoms with Gasteiger partial charge in [-0.25, -0.2) is 9.36 Å². The largest absolute Gasteiger partial charge is 0.481 e. The molecular weight excluding hydrogens is 539 g/mol. The number of aliphatic carboxylic acids is 1. The van der Waals surface area contributed by atoms with Crippen LogP contribution in [0.3, 0.4) is 0 Å². The fourth-order valence-electron chi connectivity index (χ4n) is 12.1. The topological polar surface area (TPSA) is 99.1 Å². The number of hydrogen-bond acceptors (Lipinski definition) is 6. The molecule has 0 aliphatic heterocycles. The molecule has 0 aromatic carbocycles. The molecule has 0 aromatic heterocycles. The van der Waals surface area contributed by atoms with E-state index < -0.39 is 26.0 Å². The Morgan fingerprint density at radius 3 is 2.29 bits per heavy atom. The van der Waals surface area contributed by atoms with E-state index >= 15 is 0 Å². The summed E-state index contributed by atoms with van der Waals surface area (Å²) in [5, 5.41) is 10.6. The van der Waals surface area contributed by atoms with Crippen LogP contribution in [-0.4, -0.2) is 36.5 Å². The minimum absolute atomic E-state index is 0.0991. The van der Waals surface area contributed by atoms with Gasteiger partial charge in [-0.15, -0.1) is 0 Å². The quantitative estimate of drug-likeness (QED) is 0.101. The molecule has 0 radical (unpaired) electrons. The van der Waals surface area contributed by atoms with Gasteiger partial charge >= 0.3 is 20.6 Å². The van der Waals surface area contributed by atoms with Crippen LogP contribution in [0.2, 0.25) is 0 Å². The molecule has 7 nitrogen and oxygen atoms in total.